The maximum atomic E-state index is 10.9. The number of nitrogens with two attached hydrogens (primary N) is 1. The standard InChI is InChI=1S/C9H8N2O6/c10-9(14)5-1-2-6(11(15)16)7(3-5)17-4-8(12)13/h1-3H,4H2,(H2,10,14)(H,12,13). The molecule has 8 heteroatoms. The molecule has 0 saturated heterocycles. The number of ether oxygens (including phenoxy) is 1. The van der Waals surface area contributed by atoms with Crippen LogP contribution in [0.1, 0.15) is 10.4 Å². The molecule has 8 nitrogen and oxygen atoms in total. The number of hydrogen-bond donors (Lipinski definition) is 2. The molecule has 1 rings (SSSR count). The number of carboxylic acids is 1. The summed E-state index contributed by atoms with van der Waals surface area (Å²) in [5.41, 5.74) is 4.55. The predicted molar refractivity (Wildman–Crippen MR) is 54.7 cm³/mol. The van der Waals surface area contributed by atoms with Gasteiger partial charge in [0.1, 0.15) is 0 Å². The van der Waals surface area contributed by atoms with E-state index in [1.165, 1.54) is 0 Å². The molecular weight excluding hydrogens is 232 g/mol. The van der Waals surface area contributed by atoms with Crippen molar-refractivity contribution in [2.45, 2.75) is 0 Å². The van der Waals surface area contributed by atoms with E-state index >= 15 is 0 Å². The van der Waals surface area contributed by atoms with E-state index in [0.717, 1.165) is 18.2 Å². The summed E-state index contributed by atoms with van der Waals surface area (Å²) in [7, 11) is 0. The molecule has 1 aromatic carbocycles. The van der Waals surface area contributed by atoms with Crippen molar-refractivity contribution in [3.05, 3.63) is 33.9 Å². The second-order valence-electron chi connectivity index (χ2n) is 2.99. The molecule has 0 aliphatic rings. The topological polar surface area (TPSA) is 133 Å². The van der Waals surface area contributed by atoms with Crippen molar-refractivity contribution in [2.75, 3.05) is 6.61 Å². The summed E-state index contributed by atoms with van der Waals surface area (Å²) in [5.74, 6) is -2.39. The van der Waals surface area contributed by atoms with Gasteiger partial charge in [0.25, 0.3) is 0 Å². The Morgan fingerprint density at radius 3 is 2.59 bits per heavy atom. The number of carbonyl (C=O) groups excluding carboxylic acids is 1. The summed E-state index contributed by atoms with van der Waals surface area (Å²) >= 11 is 0. The molecular formula is C9H8N2O6. The number of nitro benzene ring substituents is 1. The van der Waals surface area contributed by atoms with Crippen molar-refractivity contribution < 1.29 is 24.4 Å². The first kappa shape index (κ1) is 12.4. The maximum Gasteiger partial charge on any atom is 0.341 e. The number of hydrogen-bond acceptors (Lipinski definition) is 5. The van der Waals surface area contributed by atoms with Gasteiger partial charge in [-0.1, -0.05) is 0 Å². The first-order valence-electron chi connectivity index (χ1n) is 4.34. The summed E-state index contributed by atoms with van der Waals surface area (Å²) in [6.07, 6.45) is 0. The van der Waals surface area contributed by atoms with Gasteiger partial charge in [0.05, 0.1) is 4.92 Å². The van der Waals surface area contributed by atoms with E-state index in [9.17, 15) is 19.7 Å². The quantitative estimate of drug-likeness (QED) is 0.556. The Hall–Kier alpha value is -2.64. The Morgan fingerprint density at radius 2 is 2.12 bits per heavy atom. The van der Waals surface area contributed by atoms with Gasteiger partial charge >= 0.3 is 11.7 Å². The molecule has 0 aromatic heterocycles. The minimum absolute atomic E-state index is 0.00371. The molecule has 0 bridgehead atoms. The molecule has 0 radical (unpaired) electrons. The zero-order valence-corrected chi connectivity index (χ0v) is 8.45. The zero-order chi connectivity index (χ0) is 13.0. The van der Waals surface area contributed by atoms with Crippen LogP contribution in [0.3, 0.4) is 0 Å². The molecule has 1 amide bonds. The number of benzene rings is 1. The van der Waals surface area contributed by atoms with E-state index in [-0.39, 0.29) is 11.3 Å². The third kappa shape index (κ3) is 3.16. The summed E-state index contributed by atoms with van der Waals surface area (Å²) in [6, 6.07) is 3.22. The number of rotatable bonds is 5. The Bertz CT molecular complexity index is 484. The van der Waals surface area contributed by atoms with E-state index in [1.54, 1.807) is 0 Å². The Balaban J connectivity index is 3.11. The van der Waals surface area contributed by atoms with Gasteiger partial charge in [-0.3, -0.25) is 14.9 Å². The molecule has 0 fully saturated rings. The predicted octanol–water partition coefficient (Wildman–Crippen LogP) is 0.157. The van der Waals surface area contributed by atoms with Crippen LogP contribution in [0.25, 0.3) is 0 Å². The van der Waals surface area contributed by atoms with Crippen molar-refractivity contribution in [1.82, 2.24) is 0 Å². The fourth-order valence-electron chi connectivity index (χ4n) is 1.07. The number of amides is 1. The fraction of sp³-hybridized carbons (Fsp3) is 0.111. The van der Waals surface area contributed by atoms with Gasteiger partial charge in [0.15, 0.2) is 12.4 Å². The normalized spacial score (nSPS) is 9.65. The molecule has 90 valence electrons. The van der Waals surface area contributed by atoms with Crippen molar-refractivity contribution in [3.8, 4) is 5.75 Å². The molecule has 0 aliphatic carbocycles. The third-order valence-electron chi connectivity index (χ3n) is 1.79. The van der Waals surface area contributed by atoms with Crippen LogP contribution in [-0.4, -0.2) is 28.5 Å². The van der Waals surface area contributed by atoms with Crippen molar-refractivity contribution >= 4 is 17.6 Å². The fourth-order valence-corrected chi connectivity index (χ4v) is 1.07. The highest BCUT2D eigenvalue weighted by Gasteiger charge is 2.18. The Labute approximate surface area is 94.7 Å². The van der Waals surface area contributed by atoms with Gasteiger partial charge in [0.2, 0.25) is 5.91 Å². The van der Waals surface area contributed by atoms with Crippen LogP contribution < -0.4 is 10.5 Å². The third-order valence-corrected chi connectivity index (χ3v) is 1.79. The molecule has 0 heterocycles. The van der Waals surface area contributed by atoms with Gasteiger partial charge in [-0.2, -0.15) is 0 Å². The number of nitrogens with zero attached hydrogens (tertiary/aromatic N) is 1. The van der Waals surface area contributed by atoms with E-state index in [0.29, 0.717) is 0 Å². The van der Waals surface area contributed by atoms with Gasteiger partial charge in [-0.25, -0.2) is 4.79 Å². The molecule has 0 spiro atoms. The largest absolute Gasteiger partial charge is 0.479 e. The van der Waals surface area contributed by atoms with Crippen molar-refractivity contribution in [2.24, 2.45) is 5.73 Å². The summed E-state index contributed by atoms with van der Waals surface area (Å²) in [6.45, 7) is -0.747. The van der Waals surface area contributed by atoms with Crippen LogP contribution in [0, 0.1) is 10.1 Å². The lowest BCUT2D eigenvalue weighted by molar-refractivity contribution is -0.385. The highest BCUT2D eigenvalue weighted by atomic mass is 16.6. The van der Waals surface area contributed by atoms with Crippen LogP contribution in [0.2, 0.25) is 0 Å². The van der Waals surface area contributed by atoms with Crippen LogP contribution in [-0.2, 0) is 4.79 Å². The summed E-state index contributed by atoms with van der Waals surface area (Å²) in [5, 5.41) is 19.0. The molecule has 1 aromatic rings. The van der Waals surface area contributed by atoms with Crippen LogP contribution >= 0.6 is 0 Å². The first-order valence-corrected chi connectivity index (χ1v) is 4.34. The number of carbonyl (C=O) groups is 2. The van der Waals surface area contributed by atoms with E-state index < -0.39 is 29.1 Å². The van der Waals surface area contributed by atoms with Gasteiger partial charge in [-0.15, -0.1) is 0 Å². The second kappa shape index (κ2) is 4.92. The molecule has 0 unspecified atom stereocenters. The molecule has 17 heavy (non-hydrogen) atoms. The number of aliphatic carboxylic acids is 1. The second-order valence-corrected chi connectivity index (χ2v) is 2.99. The van der Waals surface area contributed by atoms with Crippen LogP contribution in [0.4, 0.5) is 5.69 Å². The molecule has 0 saturated carbocycles. The number of nitro groups is 1. The molecule has 0 atom stereocenters. The Kier molecular flexibility index (Phi) is 3.60. The van der Waals surface area contributed by atoms with Gasteiger partial charge < -0.3 is 15.6 Å². The number of carboxylic acid groups (broad SMARTS) is 1. The smallest absolute Gasteiger partial charge is 0.341 e. The minimum atomic E-state index is -1.29. The Morgan fingerprint density at radius 1 is 1.47 bits per heavy atom. The lowest BCUT2D eigenvalue weighted by Gasteiger charge is -2.05. The molecule has 3 N–H and O–H groups in total. The van der Waals surface area contributed by atoms with E-state index in [4.69, 9.17) is 15.6 Å². The van der Waals surface area contributed by atoms with Crippen molar-refractivity contribution in [3.63, 3.8) is 0 Å². The monoisotopic (exact) mass is 240 g/mol. The van der Waals surface area contributed by atoms with Crippen molar-refractivity contribution in [1.29, 1.82) is 0 Å². The zero-order valence-electron chi connectivity index (χ0n) is 8.45. The van der Waals surface area contributed by atoms with Crippen LogP contribution in [0.5, 0.6) is 5.75 Å². The van der Waals surface area contributed by atoms with E-state index in [1.807, 2.05) is 0 Å². The van der Waals surface area contributed by atoms with Crippen LogP contribution in [0.15, 0.2) is 18.2 Å². The summed E-state index contributed by atoms with van der Waals surface area (Å²) in [4.78, 5) is 31.0. The maximum absolute atomic E-state index is 10.9. The highest BCUT2D eigenvalue weighted by molar-refractivity contribution is 5.93. The minimum Gasteiger partial charge on any atom is -0.479 e. The lowest BCUT2D eigenvalue weighted by Crippen LogP contribution is -2.13. The average molecular weight is 240 g/mol. The molecule has 0 aliphatic heterocycles. The number of primary amides is 1. The first-order chi connectivity index (χ1) is 7.91. The van der Waals surface area contributed by atoms with E-state index in [2.05, 4.69) is 0 Å². The average Bonchev–Trinajstić information content (AvgIpc) is 2.25. The van der Waals surface area contributed by atoms with Gasteiger partial charge in [0, 0.05) is 17.7 Å². The van der Waals surface area contributed by atoms with Gasteiger partial charge in [-0.05, 0) is 6.07 Å². The highest BCUT2D eigenvalue weighted by Crippen LogP contribution is 2.27. The summed E-state index contributed by atoms with van der Waals surface area (Å²) < 4.78 is 4.70. The lowest BCUT2D eigenvalue weighted by atomic mass is 10.2. The SMILES string of the molecule is NC(=O)c1ccc([N+](=O)[O-])c(OCC(=O)O)c1.